The molecule has 0 amide bonds. The van der Waals surface area contributed by atoms with E-state index in [1.165, 1.54) is 6.07 Å². The first kappa shape index (κ1) is 8.97. The minimum absolute atomic E-state index is 0.271. The number of methoxy groups -OCH3 is 1. The number of benzene rings is 1. The van der Waals surface area contributed by atoms with E-state index in [1.807, 2.05) is 0 Å². The second kappa shape index (κ2) is 2.96. The van der Waals surface area contributed by atoms with E-state index in [-0.39, 0.29) is 11.4 Å². The van der Waals surface area contributed by atoms with Crippen LogP contribution in [0.4, 0.5) is 4.39 Å². The van der Waals surface area contributed by atoms with Crippen LogP contribution in [0, 0.1) is 5.82 Å². The van der Waals surface area contributed by atoms with Gasteiger partial charge in [0.05, 0.1) is 5.60 Å². The maximum Gasteiger partial charge on any atom is 0.130 e. The summed E-state index contributed by atoms with van der Waals surface area (Å²) >= 11 is 5.65. The molecule has 0 aromatic heterocycles. The third kappa shape index (κ3) is 1.45. The highest BCUT2D eigenvalue weighted by atomic mass is 35.5. The minimum atomic E-state index is -0.366. The van der Waals surface area contributed by atoms with E-state index in [4.69, 9.17) is 16.3 Å². The summed E-state index contributed by atoms with van der Waals surface area (Å²) in [6.07, 6.45) is 1.78. The van der Waals surface area contributed by atoms with Gasteiger partial charge in [0.2, 0.25) is 0 Å². The second-order valence-corrected chi connectivity index (χ2v) is 3.76. The Bertz CT molecular complexity index is 334. The maximum atomic E-state index is 13.4. The van der Waals surface area contributed by atoms with Gasteiger partial charge in [-0.25, -0.2) is 4.39 Å². The van der Waals surface area contributed by atoms with Crippen molar-refractivity contribution in [2.24, 2.45) is 0 Å². The van der Waals surface area contributed by atoms with Crippen LogP contribution >= 0.6 is 11.6 Å². The number of halogens is 2. The number of rotatable bonds is 2. The van der Waals surface area contributed by atoms with Crippen LogP contribution in [0.5, 0.6) is 0 Å². The van der Waals surface area contributed by atoms with Crippen LogP contribution in [0.25, 0.3) is 0 Å². The molecule has 0 spiro atoms. The smallest absolute Gasteiger partial charge is 0.130 e. The highest BCUT2D eigenvalue weighted by molar-refractivity contribution is 6.30. The zero-order chi connectivity index (χ0) is 9.47. The molecule has 1 fully saturated rings. The molecule has 1 aromatic rings. The summed E-state index contributed by atoms with van der Waals surface area (Å²) in [4.78, 5) is 0. The summed E-state index contributed by atoms with van der Waals surface area (Å²) < 4.78 is 18.7. The lowest BCUT2D eigenvalue weighted by molar-refractivity contribution is 0.0757. The lowest BCUT2D eigenvalue weighted by atomic mass is 10.1. The zero-order valence-corrected chi connectivity index (χ0v) is 8.07. The third-order valence-corrected chi connectivity index (χ3v) is 2.75. The van der Waals surface area contributed by atoms with Gasteiger partial charge in [0.1, 0.15) is 5.82 Å². The zero-order valence-electron chi connectivity index (χ0n) is 7.31. The Hall–Kier alpha value is -0.600. The Labute approximate surface area is 81.5 Å². The Morgan fingerprint density at radius 3 is 2.62 bits per heavy atom. The molecule has 1 aliphatic carbocycles. The van der Waals surface area contributed by atoms with Crippen molar-refractivity contribution < 1.29 is 9.13 Å². The van der Waals surface area contributed by atoms with E-state index in [0.29, 0.717) is 10.6 Å². The summed E-state index contributed by atoms with van der Waals surface area (Å²) in [6.45, 7) is 0. The van der Waals surface area contributed by atoms with Gasteiger partial charge < -0.3 is 4.74 Å². The fourth-order valence-corrected chi connectivity index (χ4v) is 1.71. The Balaban J connectivity index is 2.41. The molecule has 2 rings (SSSR count). The molecule has 0 N–H and O–H groups in total. The Morgan fingerprint density at radius 2 is 2.15 bits per heavy atom. The van der Waals surface area contributed by atoms with E-state index in [0.717, 1.165) is 12.8 Å². The van der Waals surface area contributed by atoms with E-state index >= 15 is 0 Å². The van der Waals surface area contributed by atoms with Gasteiger partial charge in [-0.15, -0.1) is 0 Å². The standard InChI is InChI=1S/C10H10ClFO/c1-13-10(4-5-10)8-3-2-7(11)6-9(8)12/h2-3,6H,4-5H2,1H3. The van der Waals surface area contributed by atoms with Crippen LogP contribution in [0.1, 0.15) is 18.4 Å². The quantitative estimate of drug-likeness (QED) is 0.713. The van der Waals surface area contributed by atoms with E-state index in [1.54, 1.807) is 19.2 Å². The van der Waals surface area contributed by atoms with Crippen molar-refractivity contribution in [2.75, 3.05) is 7.11 Å². The third-order valence-electron chi connectivity index (χ3n) is 2.52. The van der Waals surface area contributed by atoms with Crippen molar-refractivity contribution in [1.82, 2.24) is 0 Å². The summed E-state index contributed by atoms with van der Waals surface area (Å²) in [6, 6.07) is 4.73. The lowest BCUT2D eigenvalue weighted by Crippen LogP contribution is -2.10. The molecule has 0 aliphatic heterocycles. The van der Waals surface area contributed by atoms with Gasteiger partial charge in [0, 0.05) is 17.7 Å². The van der Waals surface area contributed by atoms with E-state index in [9.17, 15) is 4.39 Å². The molecule has 0 atom stereocenters. The summed E-state index contributed by atoms with van der Waals surface area (Å²) in [7, 11) is 1.61. The first-order valence-electron chi connectivity index (χ1n) is 4.19. The SMILES string of the molecule is COC1(c2ccc(Cl)cc2F)CC1. The van der Waals surface area contributed by atoms with E-state index in [2.05, 4.69) is 0 Å². The molecule has 3 heteroatoms. The maximum absolute atomic E-state index is 13.4. The van der Waals surface area contributed by atoms with Crippen molar-refractivity contribution in [2.45, 2.75) is 18.4 Å². The van der Waals surface area contributed by atoms with Crippen LogP contribution < -0.4 is 0 Å². The van der Waals surface area contributed by atoms with E-state index < -0.39 is 0 Å². The van der Waals surface area contributed by atoms with Crippen molar-refractivity contribution in [3.05, 3.63) is 34.6 Å². The number of hydrogen-bond donors (Lipinski definition) is 0. The Kier molecular flexibility index (Phi) is 2.05. The molecule has 0 heterocycles. The van der Waals surface area contributed by atoms with Crippen LogP contribution in [0.3, 0.4) is 0 Å². The van der Waals surface area contributed by atoms with Gasteiger partial charge in [-0.3, -0.25) is 0 Å². The fraction of sp³-hybridized carbons (Fsp3) is 0.400. The van der Waals surface area contributed by atoms with Gasteiger partial charge in [-0.1, -0.05) is 17.7 Å². The molecule has 13 heavy (non-hydrogen) atoms. The fourth-order valence-electron chi connectivity index (χ4n) is 1.56. The highest BCUT2D eigenvalue weighted by Crippen LogP contribution is 2.49. The summed E-state index contributed by atoms with van der Waals surface area (Å²) in [5, 5.41) is 0.424. The monoisotopic (exact) mass is 200 g/mol. The van der Waals surface area contributed by atoms with Crippen molar-refractivity contribution in [3.63, 3.8) is 0 Å². The van der Waals surface area contributed by atoms with Gasteiger partial charge in [-0.2, -0.15) is 0 Å². The van der Waals surface area contributed by atoms with Crippen LogP contribution in [0.15, 0.2) is 18.2 Å². The van der Waals surface area contributed by atoms with Crippen molar-refractivity contribution in [1.29, 1.82) is 0 Å². The Morgan fingerprint density at radius 1 is 1.46 bits per heavy atom. The first-order valence-corrected chi connectivity index (χ1v) is 4.56. The molecule has 1 aliphatic rings. The molecule has 1 aromatic carbocycles. The summed E-state index contributed by atoms with van der Waals surface area (Å²) in [5.41, 5.74) is 0.258. The number of ether oxygens (including phenoxy) is 1. The molecular weight excluding hydrogens is 191 g/mol. The van der Waals surface area contributed by atoms with Crippen molar-refractivity contribution in [3.8, 4) is 0 Å². The van der Waals surface area contributed by atoms with Gasteiger partial charge in [0.15, 0.2) is 0 Å². The molecule has 1 saturated carbocycles. The minimum Gasteiger partial charge on any atom is -0.373 e. The number of hydrogen-bond acceptors (Lipinski definition) is 1. The average molecular weight is 201 g/mol. The molecule has 1 nitrogen and oxygen atoms in total. The van der Waals surface area contributed by atoms with Crippen LogP contribution in [0.2, 0.25) is 5.02 Å². The highest BCUT2D eigenvalue weighted by Gasteiger charge is 2.46. The molecular formula is C10H10ClFO. The van der Waals surface area contributed by atoms with Gasteiger partial charge in [0.25, 0.3) is 0 Å². The normalized spacial score (nSPS) is 18.7. The molecule has 0 radical (unpaired) electrons. The lowest BCUT2D eigenvalue weighted by Gasteiger charge is -2.14. The first-order chi connectivity index (χ1) is 6.18. The van der Waals surface area contributed by atoms with Gasteiger partial charge >= 0.3 is 0 Å². The molecule has 0 unspecified atom stereocenters. The molecule has 0 saturated heterocycles. The second-order valence-electron chi connectivity index (χ2n) is 3.32. The molecule has 0 bridgehead atoms. The summed E-state index contributed by atoms with van der Waals surface area (Å²) in [5.74, 6) is -0.271. The van der Waals surface area contributed by atoms with Crippen LogP contribution in [-0.2, 0) is 10.3 Å². The van der Waals surface area contributed by atoms with Crippen molar-refractivity contribution >= 4 is 11.6 Å². The topological polar surface area (TPSA) is 9.23 Å². The largest absolute Gasteiger partial charge is 0.373 e. The molecule has 70 valence electrons. The average Bonchev–Trinajstić information content (AvgIpc) is 2.85. The van der Waals surface area contributed by atoms with Gasteiger partial charge in [-0.05, 0) is 25.0 Å². The predicted molar refractivity (Wildman–Crippen MR) is 49.3 cm³/mol. The predicted octanol–water partition coefficient (Wildman–Crippen LogP) is 3.11. The van der Waals surface area contributed by atoms with Crippen LogP contribution in [-0.4, -0.2) is 7.11 Å².